The quantitative estimate of drug-likeness (QED) is 0.822. The van der Waals surface area contributed by atoms with E-state index in [1.807, 2.05) is 0 Å². The highest BCUT2D eigenvalue weighted by atomic mass is 16.5. The summed E-state index contributed by atoms with van der Waals surface area (Å²) in [5, 5.41) is 2.94. The highest BCUT2D eigenvalue weighted by Gasteiger charge is 2.23. The first-order valence-electron chi connectivity index (χ1n) is 8.43. The van der Waals surface area contributed by atoms with Crippen LogP contribution in [0.5, 0.6) is 0 Å². The predicted molar refractivity (Wildman–Crippen MR) is 84.7 cm³/mol. The first-order valence-corrected chi connectivity index (χ1v) is 8.43. The number of hydrogen-bond acceptors (Lipinski definition) is 3. The largest absolute Gasteiger partial charge is 0.373 e. The molecule has 22 heavy (non-hydrogen) atoms. The number of carbonyl (C=O) groups excluding carboxylic acids is 1. The third-order valence-corrected chi connectivity index (χ3v) is 4.48. The van der Waals surface area contributed by atoms with Crippen LogP contribution in [0.3, 0.4) is 0 Å². The zero-order valence-corrected chi connectivity index (χ0v) is 13.1. The molecule has 0 saturated carbocycles. The first-order chi connectivity index (χ1) is 10.8. The molecule has 4 heteroatoms. The number of hydrogen-bond donors (Lipinski definition) is 1. The van der Waals surface area contributed by atoms with E-state index in [0.717, 1.165) is 32.1 Å². The summed E-state index contributed by atoms with van der Waals surface area (Å²) in [6.45, 7) is 2.06. The lowest BCUT2D eigenvalue weighted by Crippen LogP contribution is -2.35. The van der Waals surface area contributed by atoms with Crippen molar-refractivity contribution in [3.63, 3.8) is 0 Å². The van der Waals surface area contributed by atoms with Crippen molar-refractivity contribution < 1.29 is 14.3 Å². The SMILES string of the molecule is O=C(NCCCOC1CCCc2ccccc21)C1CCCO1. The lowest BCUT2D eigenvalue weighted by atomic mass is 9.89. The Hall–Kier alpha value is -1.39. The van der Waals surface area contributed by atoms with E-state index in [-0.39, 0.29) is 18.1 Å². The Morgan fingerprint density at radius 3 is 3.05 bits per heavy atom. The summed E-state index contributed by atoms with van der Waals surface area (Å²) in [5.74, 6) is 0.0283. The molecule has 2 atom stereocenters. The molecular formula is C18H25NO3. The summed E-state index contributed by atoms with van der Waals surface area (Å²) >= 11 is 0. The van der Waals surface area contributed by atoms with Gasteiger partial charge in [-0.1, -0.05) is 24.3 Å². The normalized spacial score (nSPS) is 24.0. The highest BCUT2D eigenvalue weighted by molar-refractivity contribution is 5.80. The van der Waals surface area contributed by atoms with E-state index in [1.54, 1.807) is 0 Å². The molecule has 2 aliphatic rings. The average Bonchev–Trinajstić information content (AvgIpc) is 3.09. The van der Waals surface area contributed by atoms with Crippen LogP contribution in [0.4, 0.5) is 0 Å². The maximum absolute atomic E-state index is 11.8. The van der Waals surface area contributed by atoms with Crippen LogP contribution in [-0.2, 0) is 20.7 Å². The van der Waals surface area contributed by atoms with Crippen molar-refractivity contribution in [2.75, 3.05) is 19.8 Å². The van der Waals surface area contributed by atoms with Gasteiger partial charge < -0.3 is 14.8 Å². The molecule has 1 amide bonds. The summed E-state index contributed by atoms with van der Waals surface area (Å²) in [7, 11) is 0. The van der Waals surface area contributed by atoms with Crippen LogP contribution in [0.15, 0.2) is 24.3 Å². The third-order valence-electron chi connectivity index (χ3n) is 4.48. The summed E-state index contributed by atoms with van der Waals surface area (Å²) in [6.07, 6.45) is 6.12. The average molecular weight is 303 g/mol. The zero-order valence-electron chi connectivity index (χ0n) is 13.1. The van der Waals surface area contributed by atoms with E-state index in [1.165, 1.54) is 17.5 Å². The second-order valence-corrected chi connectivity index (χ2v) is 6.10. The van der Waals surface area contributed by atoms with Crippen molar-refractivity contribution in [3.05, 3.63) is 35.4 Å². The lowest BCUT2D eigenvalue weighted by Gasteiger charge is -2.25. The maximum Gasteiger partial charge on any atom is 0.249 e. The number of nitrogens with one attached hydrogen (secondary N) is 1. The third kappa shape index (κ3) is 3.87. The molecule has 0 bridgehead atoms. The Labute approximate surface area is 132 Å². The Bertz CT molecular complexity index is 497. The maximum atomic E-state index is 11.8. The minimum atomic E-state index is -0.230. The fourth-order valence-electron chi connectivity index (χ4n) is 3.29. The van der Waals surface area contributed by atoms with E-state index in [2.05, 4.69) is 29.6 Å². The number of benzene rings is 1. The lowest BCUT2D eigenvalue weighted by molar-refractivity contribution is -0.130. The van der Waals surface area contributed by atoms with Crippen LogP contribution in [0.25, 0.3) is 0 Å². The van der Waals surface area contributed by atoms with Gasteiger partial charge in [0.2, 0.25) is 5.91 Å². The van der Waals surface area contributed by atoms with Crippen LogP contribution in [-0.4, -0.2) is 31.8 Å². The van der Waals surface area contributed by atoms with E-state index in [4.69, 9.17) is 9.47 Å². The molecule has 1 heterocycles. The minimum Gasteiger partial charge on any atom is -0.373 e. The molecule has 120 valence electrons. The van der Waals surface area contributed by atoms with Crippen LogP contribution in [0.1, 0.15) is 49.3 Å². The monoisotopic (exact) mass is 303 g/mol. The fraction of sp³-hybridized carbons (Fsp3) is 0.611. The van der Waals surface area contributed by atoms with Gasteiger partial charge in [-0.05, 0) is 49.7 Å². The number of ether oxygens (including phenoxy) is 2. The Morgan fingerprint density at radius 1 is 1.27 bits per heavy atom. The summed E-state index contributed by atoms with van der Waals surface area (Å²) in [6, 6.07) is 8.56. The molecule has 2 unspecified atom stereocenters. The molecule has 0 aromatic heterocycles. The number of amides is 1. The Kier molecular flexibility index (Phi) is 5.46. The van der Waals surface area contributed by atoms with Crippen molar-refractivity contribution in [1.82, 2.24) is 5.32 Å². The molecule has 0 spiro atoms. The number of carbonyl (C=O) groups is 1. The van der Waals surface area contributed by atoms with Gasteiger partial charge in [-0.25, -0.2) is 0 Å². The van der Waals surface area contributed by atoms with Gasteiger partial charge in [0.25, 0.3) is 0 Å². The molecule has 1 aliphatic carbocycles. The fourth-order valence-corrected chi connectivity index (χ4v) is 3.29. The van der Waals surface area contributed by atoms with Gasteiger partial charge >= 0.3 is 0 Å². The van der Waals surface area contributed by atoms with Crippen molar-refractivity contribution >= 4 is 5.91 Å². The summed E-state index contributed by atoms with van der Waals surface area (Å²) < 4.78 is 11.4. The van der Waals surface area contributed by atoms with E-state index >= 15 is 0 Å². The molecule has 0 radical (unpaired) electrons. The van der Waals surface area contributed by atoms with E-state index < -0.39 is 0 Å². The number of fused-ring (bicyclic) bond motifs is 1. The first kappa shape index (κ1) is 15.5. The predicted octanol–water partition coefficient (Wildman–Crippen LogP) is 2.77. The van der Waals surface area contributed by atoms with E-state index in [0.29, 0.717) is 19.8 Å². The molecule has 4 nitrogen and oxygen atoms in total. The van der Waals surface area contributed by atoms with Crippen LogP contribution >= 0.6 is 0 Å². The summed E-state index contributed by atoms with van der Waals surface area (Å²) in [5.41, 5.74) is 2.77. The van der Waals surface area contributed by atoms with Crippen LogP contribution in [0.2, 0.25) is 0 Å². The van der Waals surface area contributed by atoms with Gasteiger partial charge in [-0.3, -0.25) is 4.79 Å². The van der Waals surface area contributed by atoms with Gasteiger partial charge in [-0.2, -0.15) is 0 Å². The molecule has 1 aromatic carbocycles. The van der Waals surface area contributed by atoms with Gasteiger partial charge in [0.15, 0.2) is 0 Å². The second-order valence-electron chi connectivity index (χ2n) is 6.10. The molecule has 1 aromatic rings. The molecule has 1 N–H and O–H groups in total. The smallest absolute Gasteiger partial charge is 0.249 e. The molecule has 1 aliphatic heterocycles. The minimum absolute atomic E-state index is 0.0283. The second kappa shape index (κ2) is 7.75. The topological polar surface area (TPSA) is 47.6 Å². The Morgan fingerprint density at radius 2 is 2.18 bits per heavy atom. The number of rotatable bonds is 6. The molecular weight excluding hydrogens is 278 g/mol. The molecule has 1 saturated heterocycles. The van der Waals surface area contributed by atoms with Gasteiger partial charge in [-0.15, -0.1) is 0 Å². The number of aryl methyl sites for hydroxylation is 1. The summed E-state index contributed by atoms with van der Waals surface area (Å²) in [4.78, 5) is 11.8. The van der Waals surface area contributed by atoms with Crippen molar-refractivity contribution in [1.29, 1.82) is 0 Å². The standard InChI is InChI=1S/C18H25NO3/c20-18(17-10-4-12-22-17)19-11-5-13-21-16-9-3-7-14-6-1-2-8-15(14)16/h1-2,6,8,16-17H,3-5,7,9-13H2,(H,19,20). The van der Waals surface area contributed by atoms with Crippen molar-refractivity contribution in [2.45, 2.75) is 50.7 Å². The molecule has 3 rings (SSSR count). The zero-order chi connectivity index (χ0) is 15.2. The van der Waals surface area contributed by atoms with E-state index in [9.17, 15) is 4.79 Å². The Balaban J connectivity index is 1.36. The van der Waals surface area contributed by atoms with Crippen LogP contribution < -0.4 is 5.32 Å². The van der Waals surface area contributed by atoms with Crippen molar-refractivity contribution in [2.24, 2.45) is 0 Å². The van der Waals surface area contributed by atoms with Crippen molar-refractivity contribution in [3.8, 4) is 0 Å². The molecule has 1 fully saturated rings. The highest BCUT2D eigenvalue weighted by Crippen LogP contribution is 2.32. The van der Waals surface area contributed by atoms with Gasteiger partial charge in [0.1, 0.15) is 6.10 Å². The van der Waals surface area contributed by atoms with Gasteiger partial charge in [0, 0.05) is 19.8 Å². The van der Waals surface area contributed by atoms with Gasteiger partial charge in [0.05, 0.1) is 6.10 Å². The van der Waals surface area contributed by atoms with Crippen LogP contribution in [0, 0.1) is 0 Å².